The van der Waals surface area contributed by atoms with Gasteiger partial charge in [0.25, 0.3) is 0 Å². The fourth-order valence-corrected chi connectivity index (χ4v) is 2.37. The van der Waals surface area contributed by atoms with E-state index in [1.807, 2.05) is 0 Å². The number of benzene rings is 1. The van der Waals surface area contributed by atoms with E-state index in [1.165, 1.54) is 62.5 Å². The molecule has 0 atom stereocenters. The Hall–Kier alpha value is -0.490. The molecule has 0 bridgehead atoms. The monoisotopic (exact) mass is 252 g/mol. The first-order valence-electron chi connectivity index (χ1n) is 7.00. The molecule has 0 unspecified atom stereocenters. The molecule has 1 aromatic carbocycles. The van der Waals surface area contributed by atoms with Gasteiger partial charge in [-0.15, -0.1) is 11.6 Å². The van der Waals surface area contributed by atoms with E-state index < -0.39 is 0 Å². The van der Waals surface area contributed by atoms with Crippen molar-refractivity contribution < 1.29 is 0 Å². The van der Waals surface area contributed by atoms with Crippen LogP contribution < -0.4 is 0 Å². The number of alkyl halides is 1. The molecule has 0 N–H and O–H groups in total. The molecule has 0 aromatic heterocycles. The highest BCUT2D eigenvalue weighted by molar-refractivity contribution is 6.17. The molecule has 0 aliphatic rings. The van der Waals surface area contributed by atoms with Crippen LogP contribution in [0.2, 0.25) is 0 Å². The Balaban J connectivity index is 2.19. The van der Waals surface area contributed by atoms with Gasteiger partial charge in [0.2, 0.25) is 0 Å². The van der Waals surface area contributed by atoms with Crippen LogP contribution in [0.5, 0.6) is 0 Å². The zero-order valence-electron chi connectivity index (χ0n) is 11.1. The molecule has 0 aliphatic carbocycles. The lowest BCUT2D eigenvalue weighted by molar-refractivity contribution is 0.633. The van der Waals surface area contributed by atoms with Crippen LogP contribution in [0.4, 0.5) is 0 Å². The summed E-state index contributed by atoms with van der Waals surface area (Å²) in [6.45, 7) is 2.24. The highest BCUT2D eigenvalue weighted by atomic mass is 35.5. The quantitative estimate of drug-likeness (QED) is 0.409. The summed E-state index contributed by atoms with van der Waals surface area (Å²) in [7, 11) is 0. The first kappa shape index (κ1) is 14.6. The van der Waals surface area contributed by atoms with Crippen molar-refractivity contribution in [3.05, 3.63) is 35.4 Å². The molecular weight excluding hydrogens is 228 g/mol. The van der Waals surface area contributed by atoms with Crippen molar-refractivity contribution in [3.63, 3.8) is 0 Å². The van der Waals surface area contributed by atoms with Crippen LogP contribution in [0.25, 0.3) is 0 Å². The third-order valence-electron chi connectivity index (χ3n) is 3.13. The molecule has 0 spiro atoms. The van der Waals surface area contributed by atoms with E-state index in [-0.39, 0.29) is 0 Å². The van der Waals surface area contributed by atoms with Gasteiger partial charge in [-0.2, -0.15) is 0 Å². The van der Waals surface area contributed by atoms with Crippen molar-refractivity contribution in [2.75, 3.05) is 5.88 Å². The average Bonchev–Trinajstić information content (AvgIpc) is 2.35. The maximum absolute atomic E-state index is 5.66. The predicted octanol–water partition coefficient (Wildman–Crippen LogP) is 5.37. The smallest absolute Gasteiger partial charge is 0.0223 e. The second kappa shape index (κ2) is 9.53. The van der Waals surface area contributed by atoms with Gasteiger partial charge in [-0.1, -0.05) is 56.9 Å². The largest absolute Gasteiger partial charge is 0.127 e. The van der Waals surface area contributed by atoms with Gasteiger partial charge in [0, 0.05) is 5.88 Å². The summed E-state index contributed by atoms with van der Waals surface area (Å²) in [6.07, 6.45) is 10.1. The molecule has 0 aliphatic heterocycles. The van der Waals surface area contributed by atoms with Crippen molar-refractivity contribution in [2.24, 2.45) is 0 Å². The highest BCUT2D eigenvalue weighted by Crippen LogP contribution is 2.12. The topological polar surface area (TPSA) is 0 Å². The third-order valence-corrected chi connectivity index (χ3v) is 3.40. The molecule has 0 nitrogen and oxygen atoms in total. The minimum Gasteiger partial charge on any atom is -0.127 e. The molecular formula is C16H25Cl. The Morgan fingerprint density at radius 1 is 0.882 bits per heavy atom. The molecule has 0 amide bonds. The Bertz CT molecular complexity index is 293. The van der Waals surface area contributed by atoms with E-state index in [1.54, 1.807) is 0 Å². The Labute approximate surface area is 111 Å². The zero-order valence-corrected chi connectivity index (χ0v) is 11.8. The standard InChI is InChI=1S/C16H25Cl/c1-2-9-15-11-8-12-16(14-15)10-6-4-3-5-7-13-17/h8,11-12,14H,2-7,9-10,13H2,1H3. The average molecular weight is 253 g/mol. The van der Waals surface area contributed by atoms with Crippen LogP contribution in [0.3, 0.4) is 0 Å². The first-order valence-corrected chi connectivity index (χ1v) is 7.54. The highest BCUT2D eigenvalue weighted by Gasteiger charge is 1.96. The van der Waals surface area contributed by atoms with Gasteiger partial charge in [0.05, 0.1) is 0 Å². The van der Waals surface area contributed by atoms with Crippen LogP contribution in [-0.4, -0.2) is 5.88 Å². The van der Waals surface area contributed by atoms with Gasteiger partial charge < -0.3 is 0 Å². The molecule has 1 rings (SSSR count). The minimum absolute atomic E-state index is 0.819. The summed E-state index contributed by atoms with van der Waals surface area (Å²) in [5.41, 5.74) is 3.00. The van der Waals surface area contributed by atoms with Crippen molar-refractivity contribution in [3.8, 4) is 0 Å². The SMILES string of the molecule is CCCc1cccc(CCCCCCCCl)c1. The van der Waals surface area contributed by atoms with Crippen molar-refractivity contribution >= 4 is 11.6 Å². The van der Waals surface area contributed by atoms with Crippen molar-refractivity contribution in [2.45, 2.75) is 58.3 Å². The first-order chi connectivity index (χ1) is 8.36. The lowest BCUT2D eigenvalue weighted by Crippen LogP contribution is -1.89. The van der Waals surface area contributed by atoms with E-state index in [4.69, 9.17) is 11.6 Å². The van der Waals surface area contributed by atoms with E-state index >= 15 is 0 Å². The van der Waals surface area contributed by atoms with Gasteiger partial charge in [-0.3, -0.25) is 0 Å². The van der Waals surface area contributed by atoms with Crippen LogP contribution in [-0.2, 0) is 12.8 Å². The number of rotatable bonds is 9. The predicted molar refractivity (Wildman–Crippen MR) is 77.9 cm³/mol. The number of halogens is 1. The van der Waals surface area contributed by atoms with Crippen LogP contribution in [0.15, 0.2) is 24.3 Å². The molecule has 0 saturated heterocycles. The molecule has 17 heavy (non-hydrogen) atoms. The maximum Gasteiger partial charge on any atom is 0.0223 e. The summed E-state index contributed by atoms with van der Waals surface area (Å²) in [5, 5.41) is 0. The number of unbranched alkanes of at least 4 members (excludes halogenated alkanes) is 4. The molecule has 0 saturated carbocycles. The normalized spacial score (nSPS) is 10.7. The molecule has 96 valence electrons. The van der Waals surface area contributed by atoms with E-state index in [0.29, 0.717) is 0 Å². The summed E-state index contributed by atoms with van der Waals surface area (Å²) >= 11 is 5.66. The third kappa shape index (κ3) is 6.73. The lowest BCUT2D eigenvalue weighted by Gasteiger charge is -2.04. The molecule has 0 heterocycles. The second-order valence-electron chi connectivity index (χ2n) is 4.78. The minimum atomic E-state index is 0.819. The number of aryl methyl sites for hydroxylation is 2. The molecule has 0 fully saturated rings. The van der Waals surface area contributed by atoms with E-state index in [2.05, 4.69) is 31.2 Å². The summed E-state index contributed by atoms with van der Waals surface area (Å²) < 4.78 is 0. The zero-order chi connectivity index (χ0) is 12.3. The summed E-state index contributed by atoms with van der Waals surface area (Å²) in [5.74, 6) is 0.819. The number of hydrogen-bond acceptors (Lipinski definition) is 0. The fraction of sp³-hybridized carbons (Fsp3) is 0.625. The van der Waals surface area contributed by atoms with Crippen molar-refractivity contribution in [1.29, 1.82) is 0 Å². The van der Waals surface area contributed by atoms with Crippen LogP contribution in [0, 0.1) is 0 Å². The number of hydrogen-bond donors (Lipinski definition) is 0. The van der Waals surface area contributed by atoms with Gasteiger partial charge in [0.1, 0.15) is 0 Å². The molecule has 1 aromatic rings. The maximum atomic E-state index is 5.66. The Morgan fingerprint density at radius 3 is 2.24 bits per heavy atom. The van der Waals surface area contributed by atoms with Crippen LogP contribution >= 0.6 is 11.6 Å². The van der Waals surface area contributed by atoms with E-state index in [0.717, 1.165) is 5.88 Å². The van der Waals surface area contributed by atoms with Gasteiger partial charge in [-0.25, -0.2) is 0 Å². The van der Waals surface area contributed by atoms with Gasteiger partial charge in [-0.05, 0) is 36.8 Å². The summed E-state index contributed by atoms with van der Waals surface area (Å²) in [4.78, 5) is 0. The van der Waals surface area contributed by atoms with Gasteiger partial charge >= 0.3 is 0 Å². The summed E-state index contributed by atoms with van der Waals surface area (Å²) in [6, 6.07) is 9.08. The second-order valence-corrected chi connectivity index (χ2v) is 5.15. The fourth-order valence-electron chi connectivity index (χ4n) is 2.18. The van der Waals surface area contributed by atoms with Gasteiger partial charge in [0.15, 0.2) is 0 Å². The molecule has 0 radical (unpaired) electrons. The Morgan fingerprint density at radius 2 is 1.53 bits per heavy atom. The molecule has 1 heteroatoms. The van der Waals surface area contributed by atoms with E-state index in [9.17, 15) is 0 Å². The Kier molecular flexibility index (Phi) is 8.17. The lowest BCUT2D eigenvalue weighted by atomic mass is 10.0. The van der Waals surface area contributed by atoms with Crippen molar-refractivity contribution in [1.82, 2.24) is 0 Å². The van der Waals surface area contributed by atoms with Crippen LogP contribution in [0.1, 0.15) is 56.6 Å².